The SMILES string of the molecule is COC[C@H]1O[C@@](COC(C)CO)(O[C@@H]2OC(COC(C)CO)[C@@H](OC(C)CO)[C@@H](OCCO)C2OC(C)CO)[C@H](OC(C)CO)C1OO. The van der Waals surface area contributed by atoms with Crippen molar-refractivity contribution in [2.75, 3.05) is 73.2 Å². The van der Waals surface area contributed by atoms with Crippen LogP contribution in [0.2, 0.25) is 0 Å². The van der Waals surface area contributed by atoms with Crippen molar-refractivity contribution in [3.05, 3.63) is 0 Å². The third-order valence-electron chi connectivity index (χ3n) is 7.77. The van der Waals surface area contributed by atoms with E-state index < -0.39 is 105 Å². The zero-order chi connectivity index (χ0) is 35.9. The van der Waals surface area contributed by atoms with Crippen LogP contribution in [0.4, 0.5) is 0 Å². The van der Waals surface area contributed by atoms with E-state index in [4.69, 9.17) is 52.3 Å². The van der Waals surface area contributed by atoms with Crippen LogP contribution in [0.3, 0.4) is 0 Å². The Morgan fingerprint density at radius 1 is 0.646 bits per heavy atom. The van der Waals surface area contributed by atoms with E-state index in [1.165, 1.54) is 7.11 Å². The number of methoxy groups -OCH3 is 1. The third kappa shape index (κ3) is 12.2. The van der Waals surface area contributed by atoms with E-state index in [0.29, 0.717) is 0 Å². The summed E-state index contributed by atoms with van der Waals surface area (Å²) < 4.78 is 61.1. The Bertz CT molecular complexity index is 844. The molecule has 0 aromatic rings. The van der Waals surface area contributed by atoms with Crippen LogP contribution in [0, 0.1) is 0 Å². The lowest BCUT2D eigenvalue weighted by molar-refractivity contribution is -0.404. The van der Waals surface area contributed by atoms with Crippen LogP contribution in [0.15, 0.2) is 0 Å². The summed E-state index contributed by atoms with van der Waals surface area (Å²) in [6.07, 6.45) is -13.0. The van der Waals surface area contributed by atoms with E-state index in [1.54, 1.807) is 34.6 Å². The molecule has 8 unspecified atom stereocenters. The summed E-state index contributed by atoms with van der Waals surface area (Å²) >= 11 is 0. The van der Waals surface area contributed by atoms with Crippen molar-refractivity contribution in [2.24, 2.45) is 0 Å². The van der Waals surface area contributed by atoms with Gasteiger partial charge in [-0.3, -0.25) is 5.26 Å². The van der Waals surface area contributed by atoms with Crippen LogP contribution >= 0.6 is 0 Å². The van der Waals surface area contributed by atoms with Crippen molar-refractivity contribution in [2.45, 2.75) is 120 Å². The molecule has 2 aliphatic rings. The van der Waals surface area contributed by atoms with Gasteiger partial charge in [0.15, 0.2) is 12.4 Å². The molecule has 0 radical (unpaired) electrons. The Balaban J connectivity index is 2.73. The summed E-state index contributed by atoms with van der Waals surface area (Å²) in [5.74, 6) is -1.99. The molecule has 0 bridgehead atoms. The van der Waals surface area contributed by atoms with Gasteiger partial charge in [-0.05, 0) is 34.6 Å². The highest BCUT2D eigenvalue weighted by atomic mass is 17.1. The van der Waals surface area contributed by atoms with E-state index in [9.17, 15) is 35.9 Å². The molecule has 2 rings (SSSR count). The van der Waals surface area contributed by atoms with Crippen molar-refractivity contribution < 1.29 is 88.2 Å². The molecule has 2 fully saturated rings. The van der Waals surface area contributed by atoms with E-state index in [-0.39, 0.29) is 46.2 Å². The first-order valence-corrected chi connectivity index (χ1v) is 16.2. The van der Waals surface area contributed by atoms with Crippen molar-refractivity contribution in [3.63, 3.8) is 0 Å². The Hall–Kier alpha value is -0.720. The van der Waals surface area contributed by atoms with Crippen LogP contribution < -0.4 is 0 Å². The normalized spacial score (nSPS) is 34.2. The summed E-state index contributed by atoms with van der Waals surface area (Å²) in [7, 11) is 1.41. The van der Waals surface area contributed by atoms with Crippen LogP contribution in [0.5, 0.6) is 0 Å². The predicted molar refractivity (Wildman–Crippen MR) is 163 cm³/mol. The molecule has 14 atom stereocenters. The average molecular weight is 707 g/mol. The van der Waals surface area contributed by atoms with Gasteiger partial charge in [-0.2, -0.15) is 0 Å². The van der Waals surface area contributed by atoms with Gasteiger partial charge in [-0.15, -0.1) is 0 Å². The number of aliphatic hydroxyl groups is 6. The monoisotopic (exact) mass is 706 g/mol. The largest absolute Gasteiger partial charge is 0.394 e. The average Bonchev–Trinajstić information content (AvgIpc) is 3.37. The van der Waals surface area contributed by atoms with Gasteiger partial charge in [-0.1, -0.05) is 0 Å². The summed E-state index contributed by atoms with van der Waals surface area (Å²) in [5, 5.41) is 68.8. The number of ether oxygens (including phenoxy) is 10. The van der Waals surface area contributed by atoms with Gasteiger partial charge in [0.25, 0.3) is 0 Å². The third-order valence-corrected chi connectivity index (χ3v) is 7.77. The maximum atomic E-state index is 10.0. The van der Waals surface area contributed by atoms with Gasteiger partial charge < -0.3 is 78.0 Å². The topological polar surface area (TPSA) is 243 Å². The molecule has 0 spiro atoms. The van der Waals surface area contributed by atoms with Crippen LogP contribution in [-0.4, -0.2) is 194 Å². The zero-order valence-corrected chi connectivity index (χ0v) is 28.7. The number of rotatable bonds is 25. The molecule has 18 heteroatoms. The second-order valence-corrected chi connectivity index (χ2v) is 12.1. The molecule has 2 heterocycles. The van der Waals surface area contributed by atoms with Crippen LogP contribution in [0.1, 0.15) is 34.6 Å². The Kier molecular flexibility index (Phi) is 20.2. The van der Waals surface area contributed by atoms with E-state index >= 15 is 0 Å². The lowest BCUT2D eigenvalue weighted by atomic mass is 9.97. The number of hydrogen-bond donors (Lipinski definition) is 7. The molecule has 286 valence electrons. The second-order valence-electron chi connectivity index (χ2n) is 12.1. The first-order valence-electron chi connectivity index (χ1n) is 16.2. The highest BCUT2D eigenvalue weighted by molar-refractivity contribution is 5.02. The first kappa shape index (κ1) is 43.4. The quantitative estimate of drug-likeness (QED) is 0.0393. The lowest BCUT2D eigenvalue weighted by Crippen LogP contribution is -2.66. The molecule has 48 heavy (non-hydrogen) atoms. The minimum atomic E-state index is -1.99. The standard InChI is InChI=1S/C30H58O18/c1-17(9-32)40-15-22-24(42-19(3)11-34)26(39-8-7-31)27(43-20(4)12-35)29(45-22)47-30(16-41-18(2)10-33)28(44-21(5)13-36)25(48-37)23(46-30)14-38-6/h17-29,31-37H,7-16H2,1-6H3/t17?,18?,19?,20?,21?,22?,23-,24-,25?,26-,27?,28-,29+,30+/m1/s1. The first-order chi connectivity index (χ1) is 23.0. The minimum absolute atomic E-state index is 0.0982. The van der Waals surface area contributed by atoms with Crippen molar-refractivity contribution >= 4 is 0 Å². The second kappa shape index (κ2) is 22.3. The molecule has 0 aromatic carbocycles. The summed E-state index contributed by atoms with van der Waals surface area (Å²) in [6, 6.07) is 0. The molecule has 0 amide bonds. The van der Waals surface area contributed by atoms with E-state index in [0.717, 1.165) is 0 Å². The molecule has 0 aromatic heterocycles. The van der Waals surface area contributed by atoms with Gasteiger partial charge in [0.1, 0.15) is 43.2 Å². The minimum Gasteiger partial charge on any atom is -0.394 e. The maximum absolute atomic E-state index is 10.0. The molecule has 7 N–H and O–H groups in total. The maximum Gasteiger partial charge on any atom is 0.224 e. The molecule has 2 saturated heterocycles. The summed E-state index contributed by atoms with van der Waals surface area (Å²) in [6.45, 7) is 4.97. The molecular weight excluding hydrogens is 648 g/mol. The number of aliphatic hydroxyl groups excluding tert-OH is 6. The van der Waals surface area contributed by atoms with Crippen molar-refractivity contribution in [1.29, 1.82) is 0 Å². The highest BCUT2D eigenvalue weighted by Gasteiger charge is 2.62. The fourth-order valence-corrected chi connectivity index (χ4v) is 5.21. The van der Waals surface area contributed by atoms with Crippen LogP contribution in [-0.2, 0) is 52.3 Å². The number of hydrogen-bond acceptors (Lipinski definition) is 18. The molecule has 0 saturated carbocycles. The van der Waals surface area contributed by atoms with Gasteiger partial charge >= 0.3 is 0 Å². The molecule has 0 aliphatic carbocycles. The van der Waals surface area contributed by atoms with Gasteiger partial charge in [0.05, 0.1) is 90.0 Å². The van der Waals surface area contributed by atoms with E-state index in [1.807, 2.05) is 0 Å². The molecular formula is C30H58O18. The fraction of sp³-hybridized carbons (Fsp3) is 1.00. The zero-order valence-electron chi connectivity index (χ0n) is 28.7. The summed E-state index contributed by atoms with van der Waals surface area (Å²) in [5.41, 5.74) is 0. The van der Waals surface area contributed by atoms with Crippen LogP contribution in [0.25, 0.3) is 0 Å². The Labute approximate surface area is 281 Å². The van der Waals surface area contributed by atoms with Crippen molar-refractivity contribution in [1.82, 2.24) is 0 Å². The summed E-state index contributed by atoms with van der Waals surface area (Å²) in [4.78, 5) is 4.82. The highest BCUT2D eigenvalue weighted by Crippen LogP contribution is 2.41. The van der Waals surface area contributed by atoms with Crippen molar-refractivity contribution in [3.8, 4) is 0 Å². The van der Waals surface area contributed by atoms with Gasteiger partial charge in [0, 0.05) is 7.11 Å². The Morgan fingerprint density at radius 2 is 1.21 bits per heavy atom. The fourth-order valence-electron chi connectivity index (χ4n) is 5.21. The van der Waals surface area contributed by atoms with Gasteiger partial charge in [-0.25, -0.2) is 4.89 Å². The van der Waals surface area contributed by atoms with Gasteiger partial charge in [0.2, 0.25) is 5.79 Å². The smallest absolute Gasteiger partial charge is 0.224 e. The molecule has 18 nitrogen and oxygen atoms in total. The predicted octanol–water partition coefficient (Wildman–Crippen LogP) is -2.20. The Morgan fingerprint density at radius 3 is 1.75 bits per heavy atom. The molecule has 2 aliphatic heterocycles. The van der Waals surface area contributed by atoms with E-state index in [2.05, 4.69) is 0 Å². The lowest BCUT2D eigenvalue weighted by Gasteiger charge is -2.49.